The molecule has 0 N–H and O–H groups in total. The lowest BCUT2D eigenvalue weighted by molar-refractivity contribution is -0.0588. The van der Waals surface area contributed by atoms with Gasteiger partial charge >= 0.3 is 0 Å². The summed E-state index contributed by atoms with van der Waals surface area (Å²) in [6, 6.07) is 15.2. The van der Waals surface area contributed by atoms with Crippen molar-refractivity contribution in [2.45, 2.75) is 26.1 Å². The first kappa shape index (κ1) is 20.1. The molecule has 1 aliphatic rings. The molecule has 0 spiro atoms. The second-order valence-corrected chi connectivity index (χ2v) is 7.50. The number of hydrogen-bond donors (Lipinski definition) is 0. The molecule has 1 aliphatic heterocycles. The van der Waals surface area contributed by atoms with Gasteiger partial charge in [0.05, 0.1) is 30.7 Å². The molecule has 2 unspecified atom stereocenters. The molecule has 1 fully saturated rings. The summed E-state index contributed by atoms with van der Waals surface area (Å²) in [5, 5.41) is 4.67. The lowest BCUT2D eigenvalue weighted by atomic mass is 10.1. The molecule has 30 heavy (non-hydrogen) atoms. The molecule has 156 valence electrons. The molecule has 1 aromatic heterocycles. The van der Waals surface area contributed by atoms with Gasteiger partial charge in [0.2, 0.25) is 0 Å². The van der Waals surface area contributed by atoms with Crippen LogP contribution in [0.4, 0.5) is 4.39 Å². The van der Waals surface area contributed by atoms with Crippen LogP contribution in [0, 0.1) is 5.82 Å². The summed E-state index contributed by atoms with van der Waals surface area (Å²) in [5.74, 6) is 0.220. The third-order valence-corrected chi connectivity index (χ3v) is 5.07. The summed E-state index contributed by atoms with van der Waals surface area (Å²) < 4.78 is 26.1. The maximum atomic E-state index is 13.5. The van der Waals surface area contributed by atoms with Gasteiger partial charge in [-0.15, -0.1) is 0 Å². The third-order valence-electron chi connectivity index (χ3n) is 5.07. The molecule has 6 nitrogen and oxygen atoms in total. The Kier molecular flexibility index (Phi) is 5.55. The highest BCUT2D eigenvalue weighted by molar-refractivity contribution is 5.94. The highest BCUT2D eigenvalue weighted by Crippen LogP contribution is 2.26. The molecule has 2 aromatic carbocycles. The standard InChI is InChI=1S/C23H24FN3O3/c1-15-13-26(14-16(2)30-15)23(28)22-12-21(17-5-4-6-20(11-17)29-3)25-27(22)19-9-7-18(24)8-10-19/h4-12,15-16H,13-14H2,1-3H3. The van der Waals surface area contributed by atoms with Crippen LogP contribution in [0.1, 0.15) is 24.3 Å². The van der Waals surface area contributed by atoms with Crippen molar-refractivity contribution in [1.29, 1.82) is 0 Å². The number of rotatable bonds is 4. The van der Waals surface area contributed by atoms with Crippen molar-refractivity contribution in [3.05, 3.63) is 66.1 Å². The number of carbonyl (C=O) groups is 1. The number of hydrogen-bond acceptors (Lipinski definition) is 4. The fourth-order valence-electron chi connectivity index (χ4n) is 3.74. The summed E-state index contributed by atoms with van der Waals surface area (Å²) >= 11 is 0. The number of benzene rings is 2. The Bertz CT molecular complexity index is 1040. The molecule has 1 saturated heterocycles. The van der Waals surface area contributed by atoms with Crippen LogP contribution < -0.4 is 4.74 Å². The SMILES string of the molecule is COc1cccc(-c2cc(C(=O)N3CC(C)OC(C)C3)n(-c3ccc(F)cc3)n2)c1. The van der Waals surface area contributed by atoms with E-state index in [-0.39, 0.29) is 23.9 Å². The molecule has 0 radical (unpaired) electrons. The maximum absolute atomic E-state index is 13.5. The number of amides is 1. The lowest BCUT2D eigenvalue weighted by Crippen LogP contribution is -2.48. The van der Waals surface area contributed by atoms with E-state index in [1.54, 1.807) is 34.9 Å². The number of nitrogens with zero attached hydrogens (tertiary/aromatic N) is 3. The predicted molar refractivity (Wildman–Crippen MR) is 111 cm³/mol. The van der Waals surface area contributed by atoms with Gasteiger partial charge in [-0.25, -0.2) is 9.07 Å². The van der Waals surface area contributed by atoms with Gasteiger partial charge in [0.15, 0.2) is 0 Å². The first-order chi connectivity index (χ1) is 14.4. The highest BCUT2D eigenvalue weighted by atomic mass is 19.1. The molecule has 0 saturated carbocycles. The van der Waals surface area contributed by atoms with E-state index in [2.05, 4.69) is 5.10 Å². The average Bonchev–Trinajstić information content (AvgIpc) is 3.18. The normalized spacial score (nSPS) is 19.0. The Balaban J connectivity index is 1.78. The monoisotopic (exact) mass is 409 g/mol. The number of methoxy groups -OCH3 is 1. The van der Waals surface area contributed by atoms with Crippen LogP contribution in [-0.2, 0) is 4.74 Å². The molecule has 7 heteroatoms. The van der Waals surface area contributed by atoms with E-state index >= 15 is 0 Å². The Labute approximate surface area is 174 Å². The first-order valence-electron chi connectivity index (χ1n) is 9.90. The topological polar surface area (TPSA) is 56.6 Å². The van der Waals surface area contributed by atoms with Crippen molar-refractivity contribution in [3.8, 4) is 22.7 Å². The van der Waals surface area contributed by atoms with Crippen LogP contribution in [0.15, 0.2) is 54.6 Å². The summed E-state index contributed by atoms with van der Waals surface area (Å²) in [6.45, 7) is 4.92. The van der Waals surface area contributed by atoms with Crippen molar-refractivity contribution in [3.63, 3.8) is 0 Å². The average molecular weight is 409 g/mol. The Morgan fingerprint density at radius 3 is 2.47 bits per heavy atom. The van der Waals surface area contributed by atoms with E-state index in [1.807, 2.05) is 38.1 Å². The van der Waals surface area contributed by atoms with E-state index in [9.17, 15) is 9.18 Å². The van der Waals surface area contributed by atoms with E-state index in [4.69, 9.17) is 9.47 Å². The van der Waals surface area contributed by atoms with Crippen LogP contribution in [0.25, 0.3) is 16.9 Å². The second kappa shape index (κ2) is 8.28. The molecule has 0 aliphatic carbocycles. The lowest BCUT2D eigenvalue weighted by Gasteiger charge is -2.35. The first-order valence-corrected chi connectivity index (χ1v) is 9.90. The van der Waals surface area contributed by atoms with Gasteiger partial charge in [-0.1, -0.05) is 12.1 Å². The maximum Gasteiger partial charge on any atom is 0.272 e. The molecule has 2 heterocycles. The number of aromatic nitrogens is 2. The summed E-state index contributed by atoms with van der Waals surface area (Å²) in [7, 11) is 1.60. The van der Waals surface area contributed by atoms with E-state index in [0.717, 1.165) is 5.56 Å². The van der Waals surface area contributed by atoms with Gasteiger partial charge in [-0.2, -0.15) is 5.10 Å². The number of halogens is 1. The van der Waals surface area contributed by atoms with Crippen molar-refractivity contribution in [1.82, 2.24) is 14.7 Å². The highest BCUT2D eigenvalue weighted by Gasteiger charge is 2.29. The Morgan fingerprint density at radius 2 is 1.80 bits per heavy atom. The second-order valence-electron chi connectivity index (χ2n) is 7.50. The zero-order chi connectivity index (χ0) is 21.3. The van der Waals surface area contributed by atoms with Gasteiger partial charge < -0.3 is 14.4 Å². The fourth-order valence-corrected chi connectivity index (χ4v) is 3.74. The zero-order valence-corrected chi connectivity index (χ0v) is 17.2. The van der Waals surface area contributed by atoms with Gasteiger partial charge in [-0.05, 0) is 56.3 Å². The van der Waals surface area contributed by atoms with Crippen LogP contribution in [0.5, 0.6) is 5.75 Å². The van der Waals surface area contributed by atoms with Crippen molar-refractivity contribution in [2.75, 3.05) is 20.2 Å². The van der Waals surface area contributed by atoms with Crippen LogP contribution in [0.2, 0.25) is 0 Å². The smallest absolute Gasteiger partial charge is 0.272 e. The van der Waals surface area contributed by atoms with Crippen molar-refractivity contribution >= 4 is 5.91 Å². The van der Waals surface area contributed by atoms with Gasteiger partial charge in [0.1, 0.15) is 17.3 Å². The molecule has 1 amide bonds. The van der Waals surface area contributed by atoms with Crippen molar-refractivity contribution in [2.24, 2.45) is 0 Å². The number of morpholine rings is 1. The number of carbonyl (C=O) groups excluding carboxylic acids is 1. The van der Waals surface area contributed by atoms with Crippen LogP contribution in [-0.4, -0.2) is 53.0 Å². The van der Waals surface area contributed by atoms with Crippen LogP contribution >= 0.6 is 0 Å². The zero-order valence-electron chi connectivity index (χ0n) is 17.2. The van der Waals surface area contributed by atoms with Gasteiger partial charge in [-0.3, -0.25) is 4.79 Å². The molecule has 3 aromatic rings. The molecule has 0 bridgehead atoms. The summed E-state index contributed by atoms with van der Waals surface area (Å²) in [4.78, 5) is 15.2. The minimum atomic E-state index is -0.345. The van der Waals surface area contributed by atoms with E-state index in [1.165, 1.54) is 12.1 Å². The molecule has 4 rings (SSSR count). The van der Waals surface area contributed by atoms with E-state index in [0.29, 0.717) is 35.9 Å². The molecular formula is C23H24FN3O3. The minimum Gasteiger partial charge on any atom is -0.497 e. The van der Waals surface area contributed by atoms with Gasteiger partial charge in [0, 0.05) is 18.7 Å². The molecule has 2 atom stereocenters. The summed E-state index contributed by atoms with van der Waals surface area (Å²) in [5.41, 5.74) is 2.49. The minimum absolute atomic E-state index is 0.0438. The van der Waals surface area contributed by atoms with Gasteiger partial charge in [0.25, 0.3) is 5.91 Å². The third kappa shape index (κ3) is 4.07. The van der Waals surface area contributed by atoms with Crippen LogP contribution in [0.3, 0.4) is 0 Å². The Morgan fingerprint density at radius 1 is 1.10 bits per heavy atom. The summed E-state index contributed by atoms with van der Waals surface area (Å²) in [6.07, 6.45) is -0.0875. The van der Waals surface area contributed by atoms with Crippen molar-refractivity contribution < 1.29 is 18.7 Å². The van der Waals surface area contributed by atoms with E-state index < -0.39 is 0 Å². The largest absolute Gasteiger partial charge is 0.497 e. The molecular weight excluding hydrogens is 385 g/mol. The number of ether oxygens (including phenoxy) is 2. The fraction of sp³-hybridized carbons (Fsp3) is 0.304. The predicted octanol–water partition coefficient (Wildman–Crippen LogP) is 3.94. The quantitative estimate of drug-likeness (QED) is 0.655. The Hall–Kier alpha value is -3.19.